The quantitative estimate of drug-likeness (QED) is 0.278. The van der Waals surface area contributed by atoms with E-state index in [-0.39, 0.29) is 5.56 Å². The molecule has 8 nitrogen and oxygen atoms in total. The van der Waals surface area contributed by atoms with Gasteiger partial charge in [-0.3, -0.25) is 10.1 Å². The molecule has 0 fully saturated rings. The highest BCUT2D eigenvalue weighted by molar-refractivity contribution is 5.79. The molecular formula is C9H8N2O6. The predicted molar refractivity (Wildman–Crippen MR) is 53.3 cm³/mol. The summed E-state index contributed by atoms with van der Waals surface area (Å²) in [4.78, 5) is 31.0. The van der Waals surface area contributed by atoms with Crippen LogP contribution in [-0.4, -0.2) is 17.2 Å². The molecule has 0 radical (unpaired) electrons. The number of primary amides is 1. The van der Waals surface area contributed by atoms with Crippen LogP contribution in [0.1, 0.15) is 11.8 Å². The summed E-state index contributed by atoms with van der Waals surface area (Å²) in [7, 11) is 0. The first-order valence-corrected chi connectivity index (χ1v) is 4.37. The van der Waals surface area contributed by atoms with Gasteiger partial charge in [0.05, 0.1) is 10.5 Å². The highest BCUT2D eigenvalue weighted by atomic mass is 16.8. The van der Waals surface area contributed by atoms with Gasteiger partial charge in [0.15, 0.2) is 0 Å². The number of hydrogen-bond donors (Lipinski definition) is 1. The third-order valence-electron chi connectivity index (χ3n) is 1.67. The fourth-order valence-electron chi connectivity index (χ4n) is 1.05. The van der Waals surface area contributed by atoms with Gasteiger partial charge >= 0.3 is 18.5 Å². The second kappa shape index (κ2) is 5.45. The van der Waals surface area contributed by atoms with E-state index in [1.165, 1.54) is 24.3 Å². The molecule has 0 bridgehead atoms. The number of carbonyl (C=O) groups is 2. The van der Waals surface area contributed by atoms with Crippen LogP contribution in [0.2, 0.25) is 0 Å². The average molecular weight is 240 g/mol. The monoisotopic (exact) mass is 240 g/mol. The van der Waals surface area contributed by atoms with Crippen molar-refractivity contribution in [1.82, 2.24) is 0 Å². The Bertz CT molecular complexity index is 432. The van der Waals surface area contributed by atoms with Gasteiger partial charge in [-0.2, -0.15) is 0 Å². The summed E-state index contributed by atoms with van der Waals surface area (Å²) in [6, 6.07) is 7.50. The molecule has 1 atom stereocenters. The third kappa shape index (κ3) is 3.78. The molecule has 1 rings (SSSR count). The van der Waals surface area contributed by atoms with Gasteiger partial charge in [-0.1, -0.05) is 18.2 Å². The average Bonchev–Trinajstić information content (AvgIpc) is 2.25. The van der Waals surface area contributed by atoms with Crippen LogP contribution in [0.5, 0.6) is 0 Å². The van der Waals surface area contributed by atoms with Gasteiger partial charge < -0.3 is 15.2 Å². The van der Waals surface area contributed by atoms with Crippen LogP contribution in [-0.2, 0) is 9.47 Å². The zero-order valence-electron chi connectivity index (χ0n) is 8.44. The number of hydrogen-bond acceptors (Lipinski definition) is 6. The SMILES string of the molecule is NC(=O)OC(=O)OC(c1ccccc1)[N+](=O)[O-]. The van der Waals surface area contributed by atoms with Crippen molar-refractivity contribution in [3.63, 3.8) is 0 Å². The summed E-state index contributed by atoms with van der Waals surface area (Å²) in [5.41, 5.74) is 4.69. The molecule has 0 saturated heterocycles. The van der Waals surface area contributed by atoms with Gasteiger partial charge in [0.2, 0.25) is 0 Å². The highest BCUT2D eigenvalue weighted by Gasteiger charge is 2.28. The number of carbonyl (C=O) groups excluding carboxylic acids is 2. The topological polar surface area (TPSA) is 122 Å². The smallest absolute Gasteiger partial charge is 0.361 e. The minimum atomic E-state index is -1.75. The first kappa shape index (κ1) is 12.4. The maximum absolute atomic E-state index is 10.9. The van der Waals surface area contributed by atoms with E-state index in [4.69, 9.17) is 0 Å². The molecule has 1 aromatic rings. The van der Waals surface area contributed by atoms with Gasteiger partial charge in [0.25, 0.3) is 0 Å². The van der Waals surface area contributed by atoms with E-state index in [1.807, 2.05) is 0 Å². The van der Waals surface area contributed by atoms with Gasteiger partial charge in [-0.05, 0) is 12.1 Å². The second-order valence-corrected chi connectivity index (χ2v) is 2.84. The summed E-state index contributed by atoms with van der Waals surface area (Å²) in [6.45, 7) is 0. The standard InChI is InChI=1S/C9H8N2O6/c10-8(12)17-9(13)16-7(11(14)15)6-4-2-1-3-5-6/h1-5,7H,(H2,10,12). The van der Waals surface area contributed by atoms with E-state index in [0.717, 1.165) is 0 Å². The number of nitro groups is 1. The van der Waals surface area contributed by atoms with Crippen LogP contribution >= 0.6 is 0 Å². The van der Waals surface area contributed by atoms with Crippen molar-refractivity contribution in [3.05, 3.63) is 46.0 Å². The second-order valence-electron chi connectivity index (χ2n) is 2.84. The molecule has 0 aromatic heterocycles. The molecule has 1 amide bonds. The Labute approximate surface area is 95.1 Å². The van der Waals surface area contributed by atoms with Gasteiger partial charge in [-0.25, -0.2) is 9.59 Å². The zero-order chi connectivity index (χ0) is 12.8. The predicted octanol–water partition coefficient (Wildman–Crippen LogP) is 1.19. The van der Waals surface area contributed by atoms with Crippen LogP contribution in [0.4, 0.5) is 9.59 Å². The van der Waals surface area contributed by atoms with Crippen molar-refractivity contribution in [2.24, 2.45) is 5.73 Å². The summed E-state index contributed by atoms with van der Waals surface area (Å²) in [5.74, 6) is 0. The number of nitrogens with two attached hydrogens (primary N) is 1. The van der Waals surface area contributed by atoms with E-state index >= 15 is 0 Å². The lowest BCUT2D eigenvalue weighted by atomic mass is 10.2. The minimum Gasteiger partial charge on any atom is -0.361 e. The molecule has 17 heavy (non-hydrogen) atoms. The number of ether oxygens (including phenoxy) is 2. The Hall–Kier alpha value is -2.64. The molecule has 8 heteroatoms. The Balaban J connectivity index is 2.78. The summed E-state index contributed by atoms with van der Waals surface area (Å²) in [5, 5.41) is 10.7. The molecule has 0 heterocycles. The van der Waals surface area contributed by atoms with Crippen molar-refractivity contribution < 1.29 is 24.0 Å². The van der Waals surface area contributed by atoms with Crippen molar-refractivity contribution >= 4 is 12.2 Å². The fourth-order valence-corrected chi connectivity index (χ4v) is 1.05. The first-order valence-electron chi connectivity index (χ1n) is 4.37. The molecule has 1 aromatic carbocycles. The van der Waals surface area contributed by atoms with E-state index in [0.29, 0.717) is 0 Å². The van der Waals surface area contributed by atoms with Crippen molar-refractivity contribution in [1.29, 1.82) is 0 Å². The summed E-state index contributed by atoms with van der Waals surface area (Å²) in [6.07, 6.45) is -4.67. The molecule has 0 aliphatic heterocycles. The Kier molecular flexibility index (Phi) is 3.98. The Morgan fingerprint density at radius 2 is 1.88 bits per heavy atom. The molecule has 1 unspecified atom stereocenters. The molecule has 0 aliphatic rings. The molecular weight excluding hydrogens is 232 g/mol. The lowest BCUT2D eigenvalue weighted by molar-refractivity contribution is -0.575. The lowest BCUT2D eigenvalue weighted by Crippen LogP contribution is -2.24. The van der Waals surface area contributed by atoms with Crippen molar-refractivity contribution in [2.45, 2.75) is 6.23 Å². The lowest BCUT2D eigenvalue weighted by Gasteiger charge is -2.09. The van der Waals surface area contributed by atoms with E-state index in [2.05, 4.69) is 15.2 Å². The van der Waals surface area contributed by atoms with E-state index in [9.17, 15) is 19.7 Å². The van der Waals surface area contributed by atoms with Crippen LogP contribution in [0.3, 0.4) is 0 Å². The number of amides is 1. The van der Waals surface area contributed by atoms with Gasteiger partial charge in [0, 0.05) is 0 Å². The molecule has 0 spiro atoms. The van der Waals surface area contributed by atoms with Crippen molar-refractivity contribution in [2.75, 3.05) is 0 Å². The fraction of sp³-hybridized carbons (Fsp3) is 0.111. The largest absolute Gasteiger partial charge is 0.522 e. The molecule has 0 aliphatic carbocycles. The van der Waals surface area contributed by atoms with Gasteiger partial charge in [0.1, 0.15) is 0 Å². The maximum Gasteiger partial charge on any atom is 0.522 e. The third-order valence-corrected chi connectivity index (χ3v) is 1.67. The Morgan fingerprint density at radius 3 is 2.35 bits per heavy atom. The highest BCUT2D eigenvalue weighted by Crippen LogP contribution is 2.18. The molecule has 2 N–H and O–H groups in total. The van der Waals surface area contributed by atoms with Gasteiger partial charge in [-0.15, -0.1) is 0 Å². The Morgan fingerprint density at radius 1 is 1.29 bits per heavy atom. The number of nitrogens with zero attached hydrogens (tertiary/aromatic N) is 1. The van der Waals surface area contributed by atoms with E-state index < -0.39 is 23.4 Å². The minimum absolute atomic E-state index is 0.138. The first-order chi connectivity index (χ1) is 8.00. The van der Waals surface area contributed by atoms with Crippen LogP contribution < -0.4 is 5.73 Å². The van der Waals surface area contributed by atoms with Crippen molar-refractivity contribution in [3.8, 4) is 0 Å². The van der Waals surface area contributed by atoms with Crippen LogP contribution in [0.15, 0.2) is 30.3 Å². The van der Waals surface area contributed by atoms with Crippen LogP contribution in [0, 0.1) is 10.1 Å². The molecule has 90 valence electrons. The number of rotatable bonds is 3. The maximum atomic E-state index is 10.9. The van der Waals surface area contributed by atoms with E-state index in [1.54, 1.807) is 6.07 Å². The van der Waals surface area contributed by atoms with Crippen LogP contribution in [0.25, 0.3) is 0 Å². The number of benzene rings is 1. The normalized spacial score (nSPS) is 11.3. The summed E-state index contributed by atoms with van der Waals surface area (Å²) >= 11 is 0. The zero-order valence-corrected chi connectivity index (χ0v) is 8.44. The molecule has 0 saturated carbocycles. The summed E-state index contributed by atoms with van der Waals surface area (Å²) < 4.78 is 8.17.